The minimum atomic E-state index is -0.0569. The van der Waals surface area contributed by atoms with E-state index in [1.807, 2.05) is 24.3 Å². The zero-order chi connectivity index (χ0) is 19.3. The summed E-state index contributed by atoms with van der Waals surface area (Å²) in [6, 6.07) is 11.1. The van der Waals surface area contributed by atoms with E-state index in [1.165, 1.54) is 0 Å². The fourth-order valence-corrected chi connectivity index (χ4v) is 3.07. The molecule has 0 fully saturated rings. The zero-order valence-electron chi connectivity index (χ0n) is 16.3. The number of ether oxygens (including phenoxy) is 3. The summed E-state index contributed by atoms with van der Waals surface area (Å²) in [6.45, 7) is 4.52. The third kappa shape index (κ3) is 3.93. The number of benzene rings is 2. The van der Waals surface area contributed by atoms with Crippen molar-refractivity contribution in [2.75, 3.05) is 28.4 Å². The van der Waals surface area contributed by atoms with Crippen LogP contribution in [0.4, 0.5) is 0 Å². The number of hydrogen-bond donors (Lipinski definition) is 0. The second kappa shape index (κ2) is 8.61. The lowest BCUT2D eigenvalue weighted by molar-refractivity contribution is 0.0784. The summed E-state index contributed by atoms with van der Waals surface area (Å²) in [5, 5.41) is 0. The average molecular weight is 357 g/mol. The van der Waals surface area contributed by atoms with Crippen molar-refractivity contribution >= 4 is 5.91 Å². The van der Waals surface area contributed by atoms with Crippen LogP contribution in [0.15, 0.2) is 36.4 Å². The number of amides is 1. The Balaban J connectivity index is 2.44. The predicted octanol–water partition coefficient (Wildman–Crippen LogP) is 4.11. The fraction of sp³-hybridized carbons (Fsp3) is 0.381. The first-order valence-electron chi connectivity index (χ1n) is 8.56. The van der Waals surface area contributed by atoms with Crippen molar-refractivity contribution in [3.05, 3.63) is 53.1 Å². The van der Waals surface area contributed by atoms with Gasteiger partial charge in [0.1, 0.15) is 5.75 Å². The molecular formula is C21H27NO4. The first-order chi connectivity index (χ1) is 12.4. The molecule has 0 aliphatic carbocycles. The van der Waals surface area contributed by atoms with Gasteiger partial charge < -0.3 is 19.1 Å². The van der Waals surface area contributed by atoms with Crippen LogP contribution in [0.5, 0.6) is 17.2 Å². The number of carbonyl (C=O) groups is 1. The van der Waals surface area contributed by atoms with E-state index in [4.69, 9.17) is 14.2 Å². The fourth-order valence-electron chi connectivity index (χ4n) is 3.07. The highest BCUT2D eigenvalue weighted by molar-refractivity contribution is 5.94. The molecule has 5 nitrogen and oxygen atoms in total. The van der Waals surface area contributed by atoms with E-state index < -0.39 is 0 Å². The van der Waals surface area contributed by atoms with Crippen LogP contribution in [-0.2, 0) is 6.54 Å². The lowest BCUT2D eigenvalue weighted by Crippen LogP contribution is -2.26. The molecule has 0 spiro atoms. The highest BCUT2D eigenvalue weighted by Gasteiger charge is 2.24. The molecule has 0 N–H and O–H groups in total. The summed E-state index contributed by atoms with van der Waals surface area (Å²) in [7, 11) is 6.63. The zero-order valence-corrected chi connectivity index (χ0v) is 16.3. The topological polar surface area (TPSA) is 48.0 Å². The maximum Gasteiger partial charge on any atom is 0.253 e. The molecule has 0 aliphatic rings. The van der Waals surface area contributed by atoms with E-state index in [1.54, 1.807) is 45.4 Å². The van der Waals surface area contributed by atoms with Crippen LogP contribution in [0.2, 0.25) is 0 Å². The molecule has 0 aliphatic heterocycles. The minimum absolute atomic E-state index is 0.0569. The van der Waals surface area contributed by atoms with Gasteiger partial charge in [0.2, 0.25) is 0 Å². The Bertz CT molecular complexity index is 756. The van der Waals surface area contributed by atoms with Crippen molar-refractivity contribution in [1.29, 1.82) is 0 Å². The number of hydrogen-bond acceptors (Lipinski definition) is 4. The smallest absolute Gasteiger partial charge is 0.253 e. The predicted molar refractivity (Wildman–Crippen MR) is 102 cm³/mol. The molecular weight excluding hydrogens is 330 g/mol. The van der Waals surface area contributed by atoms with Crippen LogP contribution < -0.4 is 14.2 Å². The van der Waals surface area contributed by atoms with E-state index in [0.29, 0.717) is 23.6 Å². The summed E-state index contributed by atoms with van der Waals surface area (Å²) >= 11 is 0. The molecule has 1 amide bonds. The molecule has 0 aromatic heterocycles. The van der Waals surface area contributed by atoms with Crippen molar-refractivity contribution in [3.63, 3.8) is 0 Å². The SMILES string of the molecule is COc1cc(CN(C)C(=O)c2ccccc2)c(OC)c(OC)c1C(C)C. The molecule has 0 atom stereocenters. The van der Waals surface area contributed by atoms with Crippen molar-refractivity contribution < 1.29 is 19.0 Å². The van der Waals surface area contributed by atoms with Gasteiger partial charge in [0.25, 0.3) is 5.91 Å². The first-order valence-corrected chi connectivity index (χ1v) is 8.56. The van der Waals surface area contributed by atoms with Gasteiger partial charge in [-0.25, -0.2) is 0 Å². The molecule has 0 unspecified atom stereocenters. The van der Waals surface area contributed by atoms with Crippen molar-refractivity contribution in [2.45, 2.75) is 26.3 Å². The minimum Gasteiger partial charge on any atom is -0.496 e. The van der Waals surface area contributed by atoms with Crippen LogP contribution in [0.1, 0.15) is 41.3 Å². The molecule has 5 heteroatoms. The monoisotopic (exact) mass is 357 g/mol. The van der Waals surface area contributed by atoms with Gasteiger partial charge in [-0.1, -0.05) is 32.0 Å². The molecule has 0 radical (unpaired) electrons. The van der Waals surface area contributed by atoms with Crippen LogP contribution in [0, 0.1) is 0 Å². The third-order valence-electron chi connectivity index (χ3n) is 4.29. The number of carbonyl (C=O) groups excluding carboxylic acids is 1. The Morgan fingerprint density at radius 3 is 2.12 bits per heavy atom. The molecule has 0 heterocycles. The molecule has 0 saturated heterocycles. The summed E-state index contributed by atoms with van der Waals surface area (Å²) in [4.78, 5) is 14.3. The van der Waals surface area contributed by atoms with Gasteiger partial charge in [0.05, 0.1) is 21.3 Å². The van der Waals surface area contributed by atoms with E-state index in [0.717, 1.165) is 16.9 Å². The maximum absolute atomic E-state index is 12.7. The largest absolute Gasteiger partial charge is 0.496 e. The van der Waals surface area contributed by atoms with E-state index in [2.05, 4.69) is 13.8 Å². The molecule has 2 aromatic rings. The standard InChI is InChI=1S/C21H27NO4/c1-14(2)18-17(24-4)12-16(19(25-5)20(18)26-6)13-22(3)21(23)15-10-8-7-9-11-15/h7-12,14H,13H2,1-6H3. The van der Waals surface area contributed by atoms with Gasteiger partial charge in [-0.3, -0.25) is 4.79 Å². The van der Waals surface area contributed by atoms with Crippen LogP contribution in [0.25, 0.3) is 0 Å². The first kappa shape index (κ1) is 19.6. The second-order valence-corrected chi connectivity index (χ2v) is 6.40. The number of methoxy groups -OCH3 is 3. The van der Waals surface area contributed by atoms with Gasteiger partial charge in [0.15, 0.2) is 11.5 Å². The summed E-state index contributed by atoms with van der Waals surface area (Å²) in [5.41, 5.74) is 2.43. The maximum atomic E-state index is 12.7. The normalized spacial score (nSPS) is 10.6. The highest BCUT2D eigenvalue weighted by Crippen LogP contribution is 2.44. The second-order valence-electron chi connectivity index (χ2n) is 6.40. The lowest BCUT2D eigenvalue weighted by Gasteiger charge is -2.24. The average Bonchev–Trinajstić information content (AvgIpc) is 2.66. The van der Waals surface area contributed by atoms with Gasteiger partial charge in [-0.2, -0.15) is 0 Å². The van der Waals surface area contributed by atoms with Crippen molar-refractivity contribution in [2.24, 2.45) is 0 Å². The Morgan fingerprint density at radius 2 is 1.62 bits per heavy atom. The van der Waals surface area contributed by atoms with E-state index in [-0.39, 0.29) is 11.8 Å². The summed E-state index contributed by atoms with van der Waals surface area (Å²) in [6.07, 6.45) is 0. The Morgan fingerprint density at radius 1 is 1.00 bits per heavy atom. The van der Waals surface area contributed by atoms with Gasteiger partial charge in [0, 0.05) is 30.3 Å². The number of nitrogens with zero attached hydrogens (tertiary/aromatic N) is 1. The Hall–Kier alpha value is -2.69. The third-order valence-corrected chi connectivity index (χ3v) is 4.29. The molecule has 140 valence electrons. The lowest BCUT2D eigenvalue weighted by atomic mass is 9.97. The number of rotatable bonds is 7. The quantitative estimate of drug-likeness (QED) is 0.748. The summed E-state index contributed by atoms with van der Waals surface area (Å²) in [5.74, 6) is 2.15. The molecule has 2 rings (SSSR count). The van der Waals surface area contributed by atoms with E-state index >= 15 is 0 Å². The van der Waals surface area contributed by atoms with Crippen LogP contribution in [0.3, 0.4) is 0 Å². The Labute approximate surface area is 155 Å². The van der Waals surface area contributed by atoms with Crippen LogP contribution in [-0.4, -0.2) is 39.2 Å². The molecule has 26 heavy (non-hydrogen) atoms. The molecule has 0 saturated carbocycles. The van der Waals surface area contributed by atoms with Gasteiger partial charge in [-0.15, -0.1) is 0 Å². The van der Waals surface area contributed by atoms with Crippen molar-refractivity contribution in [1.82, 2.24) is 4.90 Å². The molecule has 0 bridgehead atoms. The van der Waals surface area contributed by atoms with Gasteiger partial charge >= 0.3 is 0 Å². The summed E-state index contributed by atoms with van der Waals surface area (Å²) < 4.78 is 16.8. The van der Waals surface area contributed by atoms with Gasteiger partial charge in [-0.05, 0) is 24.1 Å². The molecule has 2 aromatic carbocycles. The van der Waals surface area contributed by atoms with E-state index in [9.17, 15) is 4.79 Å². The highest BCUT2D eigenvalue weighted by atomic mass is 16.5. The van der Waals surface area contributed by atoms with Crippen molar-refractivity contribution in [3.8, 4) is 17.2 Å². The Kier molecular flexibility index (Phi) is 6.50. The van der Waals surface area contributed by atoms with Crippen LogP contribution >= 0.6 is 0 Å².